The van der Waals surface area contributed by atoms with Crippen molar-refractivity contribution in [2.24, 2.45) is 0 Å². The van der Waals surface area contributed by atoms with Crippen molar-refractivity contribution in [3.8, 4) is 0 Å². The van der Waals surface area contributed by atoms with Crippen molar-refractivity contribution in [3.05, 3.63) is 52.1 Å². The highest BCUT2D eigenvalue weighted by Gasteiger charge is 2.14. The van der Waals surface area contributed by atoms with Crippen LogP contribution in [0.3, 0.4) is 0 Å². The van der Waals surface area contributed by atoms with Crippen molar-refractivity contribution < 1.29 is 4.79 Å². The van der Waals surface area contributed by atoms with Gasteiger partial charge in [0.25, 0.3) is 5.91 Å². The molecule has 0 radical (unpaired) electrons. The van der Waals surface area contributed by atoms with Gasteiger partial charge < -0.3 is 10.6 Å². The van der Waals surface area contributed by atoms with E-state index in [1.54, 1.807) is 19.3 Å². The Morgan fingerprint density at radius 1 is 1.35 bits per heavy atom. The van der Waals surface area contributed by atoms with Crippen LogP contribution in [-0.4, -0.2) is 17.9 Å². The second kappa shape index (κ2) is 6.52. The highest BCUT2D eigenvalue weighted by molar-refractivity contribution is 9.10. The molecule has 0 unspecified atom stereocenters. The van der Waals surface area contributed by atoms with Gasteiger partial charge in [-0.3, -0.25) is 4.79 Å². The van der Waals surface area contributed by atoms with Gasteiger partial charge in [0.2, 0.25) is 0 Å². The highest BCUT2D eigenvalue weighted by atomic mass is 79.9. The Morgan fingerprint density at radius 2 is 2.10 bits per heavy atom. The average Bonchev–Trinajstić information content (AvgIpc) is 2.47. The maximum atomic E-state index is 12.4. The summed E-state index contributed by atoms with van der Waals surface area (Å²) in [6, 6.07) is 9.54. The molecular weight excluding hydrogens is 318 g/mol. The summed E-state index contributed by atoms with van der Waals surface area (Å²) in [6.45, 7) is 2.06. The fourth-order valence-corrected chi connectivity index (χ4v) is 2.28. The van der Waals surface area contributed by atoms with Crippen molar-refractivity contribution in [3.63, 3.8) is 0 Å². The molecule has 1 heterocycles. The molecule has 0 aliphatic rings. The number of para-hydroxylation sites is 1. The van der Waals surface area contributed by atoms with E-state index in [-0.39, 0.29) is 5.91 Å². The molecule has 2 rings (SSSR count). The third-order valence-corrected chi connectivity index (χ3v) is 3.42. The molecule has 1 aromatic carbocycles. The Morgan fingerprint density at radius 3 is 2.80 bits per heavy atom. The van der Waals surface area contributed by atoms with Gasteiger partial charge in [-0.1, -0.05) is 25.1 Å². The summed E-state index contributed by atoms with van der Waals surface area (Å²) in [5.74, 6) is 0.378. The molecule has 1 amide bonds. The molecule has 20 heavy (non-hydrogen) atoms. The van der Waals surface area contributed by atoms with Crippen LogP contribution in [0.25, 0.3) is 0 Å². The topological polar surface area (TPSA) is 54.0 Å². The zero-order chi connectivity index (χ0) is 14.5. The third kappa shape index (κ3) is 3.17. The lowest BCUT2D eigenvalue weighted by Gasteiger charge is -2.12. The lowest BCUT2D eigenvalue weighted by atomic mass is 10.1. The van der Waals surface area contributed by atoms with E-state index in [9.17, 15) is 4.79 Å². The van der Waals surface area contributed by atoms with Crippen molar-refractivity contribution in [2.45, 2.75) is 13.3 Å². The van der Waals surface area contributed by atoms with Crippen LogP contribution in [0.2, 0.25) is 0 Å². The van der Waals surface area contributed by atoms with Gasteiger partial charge >= 0.3 is 0 Å². The number of rotatable bonds is 4. The van der Waals surface area contributed by atoms with Gasteiger partial charge in [-0.25, -0.2) is 4.98 Å². The molecule has 1 aromatic heterocycles. The monoisotopic (exact) mass is 333 g/mol. The summed E-state index contributed by atoms with van der Waals surface area (Å²) in [6.07, 6.45) is 2.52. The number of carbonyl (C=O) groups excluding carboxylic acids is 1. The molecule has 104 valence electrons. The van der Waals surface area contributed by atoms with Crippen LogP contribution in [0.5, 0.6) is 0 Å². The summed E-state index contributed by atoms with van der Waals surface area (Å²) in [7, 11) is 1.74. The Bertz CT molecular complexity index is 628. The van der Waals surface area contributed by atoms with Crippen LogP contribution in [0, 0.1) is 0 Å². The van der Waals surface area contributed by atoms with Crippen LogP contribution in [0.15, 0.2) is 41.0 Å². The van der Waals surface area contributed by atoms with Crippen LogP contribution in [-0.2, 0) is 6.42 Å². The number of amides is 1. The van der Waals surface area contributed by atoms with Gasteiger partial charge in [0.1, 0.15) is 5.82 Å². The summed E-state index contributed by atoms with van der Waals surface area (Å²) in [5.41, 5.74) is 2.45. The van der Waals surface area contributed by atoms with E-state index in [1.165, 1.54) is 0 Å². The molecule has 0 spiro atoms. The fraction of sp³-hybridized carbons (Fsp3) is 0.200. The second-order valence-corrected chi connectivity index (χ2v) is 5.18. The van der Waals surface area contributed by atoms with Crippen molar-refractivity contribution >= 4 is 33.3 Å². The maximum Gasteiger partial charge on any atom is 0.259 e. The lowest BCUT2D eigenvalue weighted by Crippen LogP contribution is -2.15. The number of benzene rings is 1. The van der Waals surface area contributed by atoms with E-state index in [0.29, 0.717) is 11.4 Å². The number of hydrogen-bond donors (Lipinski definition) is 2. The highest BCUT2D eigenvalue weighted by Crippen LogP contribution is 2.21. The molecule has 0 aliphatic carbocycles. The molecule has 0 saturated heterocycles. The van der Waals surface area contributed by atoms with Gasteiger partial charge in [0, 0.05) is 23.4 Å². The van der Waals surface area contributed by atoms with Gasteiger partial charge in [-0.15, -0.1) is 0 Å². The van der Waals surface area contributed by atoms with E-state index in [2.05, 4.69) is 38.5 Å². The van der Waals surface area contributed by atoms with Gasteiger partial charge in [0.15, 0.2) is 0 Å². The molecule has 0 saturated carbocycles. The Balaban J connectivity index is 2.30. The minimum absolute atomic E-state index is 0.177. The first-order valence-corrected chi connectivity index (χ1v) is 7.17. The van der Waals surface area contributed by atoms with E-state index in [4.69, 9.17) is 0 Å². The summed E-state index contributed by atoms with van der Waals surface area (Å²) in [5, 5.41) is 5.87. The Labute approximate surface area is 126 Å². The summed E-state index contributed by atoms with van der Waals surface area (Å²) >= 11 is 3.34. The molecule has 5 heteroatoms. The van der Waals surface area contributed by atoms with E-state index < -0.39 is 0 Å². The second-order valence-electron chi connectivity index (χ2n) is 4.26. The molecule has 0 aliphatic heterocycles. The molecule has 0 bridgehead atoms. The van der Waals surface area contributed by atoms with Crippen LogP contribution < -0.4 is 10.6 Å². The first-order chi connectivity index (χ1) is 9.65. The lowest BCUT2D eigenvalue weighted by molar-refractivity contribution is 0.102. The molecule has 4 nitrogen and oxygen atoms in total. The first kappa shape index (κ1) is 14.5. The number of anilines is 2. The van der Waals surface area contributed by atoms with Crippen molar-refractivity contribution in [1.29, 1.82) is 0 Å². The van der Waals surface area contributed by atoms with Crippen molar-refractivity contribution in [1.82, 2.24) is 4.98 Å². The normalized spacial score (nSPS) is 10.2. The zero-order valence-corrected chi connectivity index (χ0v) is 13.0. The number of nitrogens with one attached hydrogen (secondary N) is 2. The first-order valence-electron chi connectivity index (χ1n) is 6.38. The van der Waals surface area contributed by atoms with Crippen LogP contribution >= 0.6 is 15.9 Å². The maximum absolute atomic E-state index is 12.4. The fourth-order valence-electron chi connectivity index (χ4n) is 1.95. The number of aromatic nitrogens is 1. The van der Waals surface area contributed by atoms with Gasteiger partial charge in [-0.05, 0) is 40.0 Å². The largest absolute Gasteiger partial charge is 0.372 e. The predicted molar refractivity (Wildman–Crippen MR) is 85.3 cm³/mol. The summed E-state index contributed by atoms with van der Waals surface area (Å²) < 4.78 is 0.769. The standard InChI is InChI=1S/C15H16BrN3O/c1-3-10-6-4-5-7-13(10)19-15(20)12-8-11(16)9-18-14(12)17-2/h4-9H,3H2,1-2H3,(H,17,18)(H,19,20). The SMILES string of the molecule is CCc1ccccc1NC(=O)c1cc(Br)cnc1NC. The van der Waals surface area contributed by atoms with Crippen molar-refractivity contribution in [2.75, 3.05) is 17.7 Å². The third-order valence-electron chi connectivity index (χ3n) is 2.98. The van der Waals surface area contributed by atoms with E-state index in [1.807, 2.05) is 24.3 Å². The Hall–Kier alpha value is -1.88. The van der Waals surface area contributed by atoms with E-state index in [0.717, 1.165) is 22.1 Å². The number of hydrogen-bond acceptors (Lipinski definition) is 3. The number of nitrogens with zero attached hydrogens (tertiary/aromatic N) is 1. The van der Waals surface area contributed by atoms with Crippen LogP contribution in [0.4, 0.5) is 11.5 Å². The molecular formula is C15H16BrN3O. The Kier molecular flexibility index (Phi) is 4.74. The molecule has 0 atom stereocenters. The summed E-state index contributed by atoms with van der Waals surface area (Å²) in [4.78, 5) is 16.6. The molecule has 2 N–H and O–H groups in total. The van der Waals surface area contributed by atoms with Gasteiger partial charge in [-0.2, -0.15) is 0 Å². The number of aryl methyl sites for hydroxylation is 1. The quantitative estimate of drug-likeness (QED) is 0.896. The number of halogens is 1. The molecule has 0 fully saturated rings. The predicted octanol–water partition coefficient (Wildman–Crippen LogP) is 3.70. The minimum atomic E-state index is -0.177. The number of carbonyl (C=O) groups is 1. The van der Waals surface area contributed by atoms with E-state index >= 15 is 0 Å². The van der Waals surface area contributed by atoms with Gasteiger partial charge in [0.05, 0.1) is 5.56 Å². The van der Waals surface area contributed by atoms with Crippen LogP contribution in [0.1, 0.15) is 22.8 Å². The zero-order valence-electron chi connectivity index (χ0n) is 11.4. The number of pyridine rings is 1. The minimum Gasteiger partial charge on any atom is -0.372 e. The molecule has 2 aromatic rings. The average molecular weight is 334 g/mol. The smallest absolute Gasteiger partial charge is 0.259 e.